The van der Waals surface area contributed by atoms with Gasteiger partial charge in [-0.1, -0.05) is 48.5 Å². The molecule has 7 heteroatoms. The highest BCUT2D eigenvalue weighted by Gasteiger charge is 2.67. The number of carbonyl (C=O) groups excluding carboxylic acids is 1. The SMILES string of the molecule is CC1(C(=O)Nc2nccs2)CC2([N+](=O)[O-])c3ccccc3C1c1ccccc12. The number of hydrogen-bond acceptors (Lipinski definition) is 5. The molecule has 0 spiro atoms. The third-order valence-electron chi connectivity index (χ3n) is 6.18. The summed E-state index contributed by atoms with van der Waals surface area (Å²) in [5.41, 5.74) is 0.714. The van der Waals surface area contributed by atoms with Crippen LogP contribution >= 0.6 is 11.3 Å². The smallest absolute Gasteiger partial charge is 0.273 e. The number of thiazole rings is 1. The second-order valence-electron chi connectivity index (χ2n) is 7.61. The van der Waals surface area contributed by atoms with Crippen molar-refractivity contribution in [2.75, 3.05) is 5.32 Å². The van der Waals surface area contributed by atoms with E-state index in [0.29, 0.717) is 16.3 Å². The average Bonchev–Trinajstić information content (AvgIpc) is 3.21. The van der Waals surface area contributed by atoms with Gasteiger partial charge in [0.2, 0.25) is 5.91 Å². The zero-order chi connectivity index (χ0) is 19.5. The summed E-state index contributed by atoms with van der Waals surface area (Å²) in [4.78, 5) is 29.9. The standard InChI is InChI=1S/C21H17N3O3S/c1-20(18(25)23-19-22-10-11-28-19)12-21(24(26)27)15-8-4-2-6-13(15)17(20)14-7-3-5-9-16(14)21/h2-11,17H,12H2,1H3,(H,22,23,25). The summed E-state index contributed by atoms with van der Waals surface area (Å²) in [5, 5.41) is 17.7. The molecule has 0 radical (unpaired) electrons. The van der Waals surface area contributed by atoms with Crippen LogP contribution in [0.15, 0.2) is 60.1 Å². The third-order valence-corrected chi connectivity index (χ3v) is 6.87. The van der Waals surface area contributed by atoms with Crippen molar-refractivity contribution in [1.29, 1.82) is 0 Å². The Morgan fingerprint density at radius 2 is 1.79 bits per heavy atom. The van der Waals surface area contributed by atoms with Crippen LogP contribution in [0.25, 0.3) is 0 Å². The van der Waals surface area contributed by atoms with E-state index >= 15 is 0 Å². The van der Waals surface area contributed by atoms with E-state index in [1.807, 2.05) is 55.5 Å². The predicted octanol–water partition coefficient (Wildman–Crippen LogP) is 4.16. The van der Waals surface area contributed by atoms with Crippen LogP contribution in [0.5, 0.6) is 0 Å². The first kappa shape index (κ1) is 17.1. The van der Waals surface area contributed by atoms with E-state index < -0.39 is 11.0 Å². The van der Waals surface area contributed by atoms with Crippen molar-refractivity contribution in [2.45, 2.75) is 24.8 Å². The predicted molar refractivity (Wildman–Crippen MR) is 106 cm³/mol. The van der Waals surface area contributed by atoms with Gasteiger partial charge in [0.1, 0.15) is 0 Å². The average molecular weight is 391 g/mol. The van der Waals surface area contributed by atoms with Gasteiger partial charge in [-0.25, -0.2) is 4.98 Å². The van der Waals surface area contributed by atoms with Crippen LogP contribution < -0.4 is 5.32 Å². The molecule has 0 saturated carbocycles. The van der Waals surface area contributed by atoms with E-state index in [2.05, 4.69) is 10.3 Å². The highest BCUT2D eigenvalue weighted by atomic mass is 32.1. The maximum Gasteiger partial charge on any atom is 0.273 e. The van der Waals surface area contributed by atoms with Crippen LogP contribution in [0.2, 0.25) is 0 Å². The van der Waals surface area contributed by atoms with E-state index in [1.165, 1.54) is 11.3 Å². The maximum atomic E-state index is 13.4. The molecule has 6 rings (SSSR count). The van der Waals surface area contributed by atoms with E-state index in [0.717, 1.165) is 11.1 Å². The fourth-order valence-electron chi connectivity index (χ4n) is 5.07. The number of benzene rings is 2. The first-order valence-corrected chi connectivity index (χ1v) is 9.91. The molecular formula is C21H17N3O3S. The fourth-order valence-corrected chi connectivity index (χ4v) is 5.60. The van der Waals surface area contributed by atoms with Gasteiger partial charge in [0.25, 0.3) is 5.54 Å². The molecule has 1 atom stereocenters. The zero-order valence-electron chi connectivity index (χ0n) is 15.1. The molecule has 1 unspecified atom stereocenters. The minimum atomic E-state index is -1.43. The summed E-state index contributed by atoms with van der Waals surface area (Å²) in [6.45, 7) is 1.84. The number of carbonyl (C=O) groups is 1. The van der Waals surface area contributed by atoms with Crippen molar-refractivity contribution in [3.8, 4) is 0 Å². The van der Waals surface area contributed by atoms with E-state index in [-0.39, 0.29) is 23.2 Å². The number of fused-ring (bicyclic) bond motifs is 1. The van der Waals surface area contributed by atoms with Crippen molar-refractivity contribution in [3.63, 3.8) is 0 Å². The Morgan fingerprint density at radius 3 is 2.32 bits per heavy atom. The van der Waals surface area contributed by atoms with E-state index in [1.54, 1.807) is 11.6 Å². The molecular weight excluding hydrogens is 374 g/mol. The lowest BCUT2D eigenvalue weighted by molar-refractivity contribution is -0.573. The first-order valence-electron chi connectivity index (χ1n) is 9.03. The second kappa shape index (κ2) is 5.72. The molecule has 3 aliphatic carbocycles. The van der Waals surface area contributed by atoms with Gasteiger partial charge >= 0.3 is 0 Å². The lowest BCUT2D eigenvalue weighted by Gasteiger charge is -2.52. The van der Waals surface area contributed by atoms with Gasteiger partial charge in [0.15, 0.2) is 5.13 Å². The van der Waals surface area contributed by atoms with Gasteiger partial charge in [0, 0.05) is 40.0 Å². The second-order valence-corrected chi connectivity index (χ2v) is 8.51. The van der Waals surface area contributed by atoms with Gasteiger partial charge < -0.3 is 5.32 Å². The topological polar surface area (TPSA) is 85.1 Å². The number of rotatable bonds is 3. The molecule has 1 aromatic heterocycles. The number of hydrogen-bond donors (Lipinski definition) is 1. The molecule has 0 saturated heterocycles. The lowest BCUT2D eigenvalue weighted by atomic mass is 9.49. The number of nitrogens with zero attached hydrogens (tertiary/aromatic N) is 2. The van der Waals surface area contributed by atoms with Crippen molar-refractivity contribution >= 4 is 22.4 Å². The van der Waals surface area contributed by atoms with Gasteiger partial charge in [-0.3, -0.25) is 14.9 Å². The Bertz CT molecular complexity index is 1060. The van der Waals surface area contributed by atoms with Crippen molar-refractivity contribution in [2.24, 2.45) is 5.41 Å². The quantitative estimate of drug-likeness (QED) is 0.537. The van der Waals surface area contributed by atoms with Crippen LogP contribution in [0.1, 0.15) is 41.5 Å². The van der Waals surface area contributed by atoms with Crippen LogP contribution in [0.4, 0.5) is 5.13 Å². The molecule has 1 heterocycles. The normalized spacial score (nSPS) is 27.0. The van der Waals surface area contributed by atoms with Gasteiger partial charge in [-0.15, -0.1) is 11.3 Å². The summed E-state index contributed by atoms with van der Waals surface area (Å²) in [6, 6.07) is 14.9. The van der Waals surface area contributed by atoms with E-state index in [9.17, 15) is 14.9 Å². The third kappa shape index (κ3) is 2.02. The molecule has 0 fully saturated rings. The van der Waals surface area contributed by atoms with Gasteiger partial charge in [-0.2, -0.15) is 0 Å². The van der Waals surface area contributed by atoms with Crippen molar-refractivity contribution < 1.29 is 9.72 Å². The number of nitrogens with one attached hydrogen (secondary N) is 1. The zero-order valence-corrected chi connectivity index (χ0v) is 15.9. The Hall–Kier alpha value is -3.06. The maximum absolute atomic E-state index is 13.4. The summed E-state index contributed by atoms with van der Waals surface area (Å²) < 4.78 is 0. The van der Waals surface area contributed by atoms with Crippen LogP contribution in [-0.2, 0) is 10.3 Å². The van der Waals surface area contributed by atoms with Crippen LogP contribution in [0.3, 0.4) is 0 Å². The Labute approximate surface area is 165 Å². The lowest BCUT2D eigenvalue weighted by Crippen LogP contribution is -2.57. The molecule has 28 heavy (non-hydrogen) atoms. The minimum absolute atomic E-state index is 0.114. The Morgan fingerprint density at radius 1 is 1.18 bits per heavy atom. The number of amides is 1. The Kier molecular flexibility index (Phi) is 3.49. The summed E-state index contributed by atoms with van der Waals surface area (Å²) in [6.07, 6.45) is 1.74. The molecule has 3 aliphatic rings. The van der Waals surface area contributed by atoms with Crippen molar-refractivity contribution in [1.82, 2.24) is 4.98 Å². The molecule has 2 aromatic carbocycles. The molecule has 1 amide bonds. The molecule has 3 aromatic rings. The van der Waals surface area contributed by atoms with E-state index in [4.69, 9.17) is 0 Å². The van der Waals surface area contributed by atoms with Crippen LogP contribution in [-0.4, -0.2) is 15.8 Å². The largest absolute Gasteiger partial charge is 0.301 e. The Balaban J connectivity index is 1.76. The fraction of sp³-hybridized carbons (Fsp3) is 0.238. The number of nitro groups is 1. The summed E-state index contributed by atoms with van der Waals surface area (Å²) in [5.74, 6) is -0.482. The minimum Gasteiger partial charge on any atom is -0.301 e. The molecule has 6 nitrogen and oxygen atoms in total. The molecule has 2 bridgehead atoms. The molecule has 1 N–H and O–H groups in total. The van der Waals surface area contributed by atoms with Gasteiger partial charge in [-0.05, 0) is 18.1 Å². The van der Waals surface area contributed by atoms with Crippen LogP contribution in [0, 0.1) is 15.5 Å². The highest BCUT2D eigenvalue weighted by molar-refractivity contribution is 7.13. The molecule has 140 valence electrons. The summed E-state index contributed by atoms with van der Waals surface area (Å²) >= 11 is 1.33. The first-order chi connectivity index (χ1) is 13.5. The monoisotopic (exact) mass is 391 g/mol. The molecule has 0 aliphatic heterocycles. The number of aromatic nitrogens is 1. The van der Waals surface area contributed by atoms with Crippen molar-refractivity contribution in [3.05, 3.63) is 92.5 Å². The summed E-state index contributed by atoms with van der Waals surface area (Å²) in [7, 11) is 0. The number of anilines is 1. The van der Waals surface area contributed by atoms with Gasteiger partial charge in [0.05, 0.1) is 5.41 Å². The highest BCUT2D eigenvalue weighted by Crippen LogP contribution is 2.63.